The molecule has 0 amide bonds. The summed E-state index contributed by atoms with van der Waals surface area (Å²) in [4.78, 5) is 17.7. The van der Waals surface area contributed by atoms with Crippen LogP contribution in [-0.4, -0.2) is 73.8 Å². The summed E-state index contributed by atoms with van der Waals surface area (Å²) in [5.41, 5.74) is 2.11. The summed E-state index contributed by atoms with van der Waals surface area (Å²) >= 11 is 0. The van der Waals surface area contributed by atoms with Crippen molar-refractivity contribution >= 4 is 16.9 Å². The van der Waals surface area contributed by atoms with Crippen molar-refractivity contribution < 1.29 is 9.84 Å². The Balaban J connectivity index is 1.31. The van der Waals surface area contributed by atoms with E-state index in [1.54, 1.807) is 6.33 Å². The Morgan fingerprint density at radius 1 is 1.14 bits per heavy atom. The molecule has 2 fully saturated rings. The predicted molar refractivity (Wildman–Crippen MR) is 107 cm³/mol. The maximum absolute atomic E-state index is 9.82. The van der Waals surface area contributed by atoms with Gasteiger partial charge in [0.15, 0.2) is 11.9 Å². The first kappa shape index (κ1) is 18.4. The minimum absolute atomic E-state index is 0.329. The van der Waals surface area contributed by atoms with E-state index >= 15 is 0 Å². The molecule has 0 spiro atoms. The van der Waals surface area contributed by atoms with Crippen LogP contribution < -0.4 is 4.90 Å². The molecule has 0 saturated carbocycles. The van der Waals surface area contributed by atoms with Gasteiger partial charge in [-0.15, -0.1) is 0 Å². The Kier molecular flexibility index (Phi) is 5.09. The molecule has 0 aromatic carbocycles. The monoisotopic (exact) mass is 395 g/mol. The Morgan fingerprint density at radius 3 is 2.83 bits per heavy atom. The van der Waals surface area contributed by atoms with Gasteiger partial charge in [0.05, 0.1) is 30.8 Å². The average molecular weight is 395 g/mol. The summed E-state index contributed by atoms with van der Waals surface area (Å²) in [6.45, 7) is 4.57. The zero-order valence-corrected chi connectivity index (χ0v) is 16.3. The number of hydrogen-bond acceptors (Lipinski definition) is 8. The van der Waals surface area contributed by atoms with Gasteiger partial charge in [-0.25, -0.2) is 14.6 Å². The number of fused-ring (bicyclic) bond motifs is 1. The molecule has 0 bridgehead atoms. The normalized spacial score (nSPS) is 21.7. The van der Waals surface area contributed by atoms with Gasteiger partial charge < -0.3 is 14.7 Å². The van der Waals surface area contributed by atoms with E-state index in [-0.39, 0.29) is 0 Å². The molecule has 152 valence electrons. The van der Waals surface area contributed by atoms with E-state index in [4.69, 9.17) is 4.74 Å². The lowest BCUT2D eigenvalue weighted by Crippen LogP contribution is -2.42. The van der Waals surface area contributed by atoms with Crippen molar-refractivity contribution in [1.82, 2.24) is 29.6 Å². The van der Waals surface area contributed by atoms with Crippen LogP contribution in [0.3, 0.4) is 0 Å². The lowest BCUT2D eigenvalue weighted by atomic mass is 10.0. The van der Waals surface area contributed by atoms with E-state index in [1.807, 2.05) is 29.6 Å². The molecular weight excluding hydrogens is 370 g/mol. The highest BCUT2D eigenvalue weighted by molar-refractivity contribution is 5.86. The van der Waals surface area contributed by atoms with Gasteiger partial charge in [0.1, 0.15) is 12.1 Å². The number of likely N-dealkylation sites (tertiary alicyclic amines) is 1. The number of rotatable bonds is 4. The number of pyridine rings is 1. The van der Waals surface area contributed by atoms with E-state index < -0.39 is 6.29 Å². The van der Waals surface area contributed by atoms with Crippen LogP contribution in [0, 0.1) is 0 Å². The first-order valence-corrected chi connectivity index (χ1v) is 10.1. The summed E-state index contributed by atoms with van der Waals surface area (Å²) in [7, 11) is 0. The van der Waals surface area contributed by atoms with Crippen LogP contribution >= 0.6 is 0 Å². The highest BCUT2D eigenvalue weighted by Crippen LogP contribution is 2.29. The third-order valence-electron chi connectivity index (χ3n) is 5.75. The topological polar surface area (TPSA) is 92.4 Å². The molecule has 2 saturated heterocycles. The van der Waals surface area contributed by atoms with Gasteiger partial charge >= 0.3 is 0 Å². The molecule has 0 radical (unpaired) electrons. The Morgan fingerprint density at radius 2 is 2.03 bits per heavy atom. The van der Waals surface area contributed by atoms with Crippen LogP contribution in [-0.2, 0) is 11.3 Å². The molecule has 3 aromatic rings. The highest BCUT2D eigenvalue weighted by Gasteiger charge is 2.26. The zero-order valence-electron chi connectivity index (χ0n) is 16.3. The first-order valence-electron chi connectivity index (χ1n) is 10.1. The molecule has 9 nitrogen and oxygen atoms in total. The number of aliphatic hydroxyl groups excluding tert-OH is 1. The van der Waals surface area contributed by atoms with Crippen molar-refractivity contribution in [3.63, 3.8) is 0 Å². The fourth-order valence-electron chi connectivity index (χ4n) is 4.26. The quantitative estimate of drug-likeness (QED) is 0.705. The third-order valence-corrected chi connectivity index (χ3v) is 5.75. The number of ether oxygens (including phenoxy) is 1. The van der Waals surface area contributed by atoms with E-state index in [2.05, 4.69) is 35.7 Å². The number of aliphatic hydroxyl groups is 1. The number of β-amino-alcohol motifs (C(OH)–C–C–N with tert-alkyl or cyclic N) is 1. The Labute approximate surface area is 169 Å². The largest absolute Gasteiger partial charge is 0.366 e. The maximum atomic E-state index is 9.82. The van der Waals surface area contributed by atoms with Crippen molar-refractivity contribution in [2.24, 2.45) is 0 Å². The van der Waals surface area contributed by atoms with E-state index in [1.165, 1.54) is 5.56 Å². The van der Waals surface area contributed by atoms with Crippen molar-refractivity contribution in [1.29, 1.82) is 0 Å². The fourth-order valence-corrected chi connectivity index (χ4v) is 4.26. The molecule has 5 heterocycles. The first-order chi connectivity index (χ1) is 14.3. The molecule has 5 rings (SSSR count). The number of morpholine rings is 1. The Bertz CT molecular complexity index is 956. The lowest BCUT2D eigenvalue weighted by molar-refractivity contribution is -0.104. The summed E-state index contributed by atoms with van der Waals surface area (Å²) in [6.07, 6.45) is 8.48. The van der Waals surface area contributed by atoms with Gasteiger partial charge in [-0.1, -0.05) is 6.07 Å². The minimum Gasteiger partial charge on any atom is -0.366 e. The van der Waals surface area contributed by atoms with Crippen molar-refractivity contribution in [3.05, 3.63) is 42.6 Å². The van der Waals surface area contributed by atoms with Crippen LogP contribution in [0.5, 0.6) is 0 Å². The molecule has 3 aromatic heterocycles. The second-order valence-electron chi connectivity index (χ2n) is 7.66. The smallest absolute Gasteiger partial charge is 0.172 e. The molecule has 2 aliphatic heterocycles. The zero-order chi connectivity index (χ0) is 19.6. The maximum Gasteiger partial charge on any atom is 0.172 e. The van der Waals surface area contributed by atoms with Crippen molar-refractivity contribution in [2.75, 3.05) is 37.7 Å². The number of anilines is 1. The predicted octanol–water partition coefficient (Wildman–Crippen LogP) is 1.21. The molecule has 1 atom stereocenters. The number of nitrogens with zero attached hydrogens (tertiary/aromatic N) is 7. The second kappa shape index (κ2) is 8.02. The molecule has 2 aliphatic rings. The molecule has 9 heteroatoms. The van der Waals surface area contributed by atoms with Crippen molar-refractivity contribution in [3.8, 4) is 0 Å². The van der Waals surface area contributed by atoms with Crippen LogP contribution in [0.2, 0.25) is 0 Å². The number of piperidine rings is 1. The number of hydrogen-bond donors (Lipinski definition) is 1. The molecule has 29 heavy (non-hydrogen) atoms. The van der Waals surface area contributed by atoms with E-state index in [9.17, 15) is 5.11 Å². The van der Waals surface area contributed by atoms with Gasteiger partial charge in [0.25, 0.3) is 0 Å². The Hall–Kier alpha value is -2.62. The van der Waals surface area contributed by atoms with Crippen LogP contribution in [0.25, 0.3) is 11.0 Å². The summed E-state index contributed by atoms with van der Waals surface area (Å²) in [6, 6.07) is 4.44. The van der Waals surface area contributed by atoms with Crippen LogP contribution in [0.15, 0.2) is 37.1 Å². The average Bonchev–Trinajstić information content (AvgIpc) is 3.19. The second-order valence-corrected chi connectivity index (χ2v) is 7.66. The summed E-state index contributed by atoms with van der Waals surface area (Å²) in [5, 5.41) is 15.4. The third kappa shape index (κ3) is 3.81. The van der Waals surface area contributed by atoms with Gasteiger partial charge in [-0.05, 0) is 24.5 Å². The fraction of sp³-hybridized carbons (Fsp3) is 0.500. The standard InChI is InChI=1S/C20H25N7O2/c28-18-13-26(8-9-29-18)19-17-11-24-27(20(17)23-14-22-19)16-3-6-25(7-4-16)12-15-2-1-5-21-10-15/h1-2,5,10-11,14,16,18,28H,3-4,6-9,12-13H2. The van der Waals surface area contributed by atoms with Crippen LogP contribution in [0.1, 0.15) is 24.4 Å². The highest BCUT2D eigenvalue weighted by atomic mass is 16.6. The summed E-state index contributed by atoms with van der Waals surface area (Å²) in [5.74, 6) is 0.817. The lowest BCUT2D eigenvalue weighted by Gasteiger charge is -2.32. The summed E-state index contributed by atoms with van der Waals surface area (Å²) < 4.78 is 7.29. The van der Waals surface area contributed by atoms with E-state index in [0.29, 0.717) is 25.7 Å². The van der Waals surface area contributed by atoms with Crippen LogP contribution in [0.4, 0.5) is 5.82 Å². The minimum atomic E-state index is -0.784. The number of aromatic nitrogens is 5. The van der Waals surface area contributed by atoms with Gasteiger partial charge in [0, 0.05) is 38.6 Å². The molecule has 1 N–H and O–H groups in total. The van der Waals surface area contributed by atoms with E-state index in [0.717, 1.165) is 49.3 Å². The molecule has 0 aliphatic carbocycles. The van der Waals surface area contributed by atoms with Gasteiger partial charge in [0.2, 0.25) is 0 Å². The SMILES string of the molecule is OC1CN(c2ncnc3c2cnn3C2CCN(Cc3cccnc3)CC2)CCO1. The van der Waals surface area contributed by atoms with Gasteiger partial charge in [-0.2, -0.15) is 5.10 Å². The molecular formula is C20H25N7O2. The molecule has 1 unspecified atom stereocenters. The van der Waals surface area contributed by atoms with Crippen molar-refractivity contribution in [2.45, 2.75) is 31.7 Å². The van der Waals surface area contributed by atoms with Gasteiger partial charge in [-0.3, -0.25) is 9.88 Å².